The van der Waals surface area contributed by atoms with E-state index in [0.717, 1.165) is 0 Å². The first kappa shape index (κ1) is 22.2. The van der Waals surface area contributed by atoms with E-state index >= 15 is 0 Å². The summed E-state index contributed by atoms with van der Waals surface area (Å²) in [5.41, 5.74) is 16.4. The molecule has 1 aromatic rings. The zero-order valence-electron chi connectivity index (χ0n) is 15.5. The van der Waals surface area contributed by atoms with Crippen LogP contribution in [0.15, 0.2) is 9.52 Å². The highest BCUT2D eigenvalue weighted by molar-refractivity contribution is 5.82. The Bertz CT molecular complexity index is 642. The Balaban J connectivity index is 2.44. The number of carboxylic acids is 1. The minimum Gasteiger partial charge on any atom is -0.480 e. The number of hydrogen-bond acceptors (Lipinski definition) is 7. The van der Waals surface area contributed by atoms with Gasteiger partial charge in [0.05, 0.1) is 12.6 Å². The molecular weight excluding hydrogens is 356 g/mol. The molecule has 0 radical (unpaired) electrons. The molecule has 2 amide bonds. The van der Waals surface area contributed by atoms with Gasteiger partial charge in [0.25, 0.3) is 0 Å². The fourth-order valence-corrected chi connectivity index (χ4v) is 2.20. The maximum Gasteiger partial charge on any atom is 0.326 e. The molecular formula is C15H28N8O4. The molecule has 0 aromatic carbocycles. The molecule has 0 fully saturated rings. The van der Waals surface area contributed by atoms with Crippen LogP contribution in [0.3, 0.4) is 0 Å². The van der Waals surface area contributed by atoms with Crippen LogP contribution in [0.25, 0.3) is 0 Å². The zero-order valence-corrected chi connectivity index (χ0v) is 15.5. The third-order valence-corrected chi connectivity index (χ3v) is 3.49. The van der Waals surface area contributed by atoms with Crippen LogP contribution >= 0.6 is 0 Å². The zero-order chi connectivity index (χ0) is 20.4. The number of rotatable bonds is 11. The number of aliphatic carboxylic acids is 1. The summed E-state index contributed by atoms with van der Waals surface area (Å²) >= 11 is 0. The Morgan fingerprint density at radius 3 is 2.63 bits per heavy atom. The van der Waals surface area contributed by atoms with Crippen LogP contribution in [-0.2, 0) is 11.3 Å². The third-order valence-electron chi connectivity index (χ3n) is 3.49. The summed E-state index contributed by atoms with van der Waals surface area (Å²) in [6.45, 7) is 4.14. The number of nitrogens with two attached hydrogens (primary N) is 3. The van der Waals surface area contributed by atoms with Crippen molar-refractivity contribution >= 4 is 18.0 Å². The molecule has 1 rings (SSSR count). The molecule has 0 spiro atoms. The van der Waals surface area contributed by atoms with Gasteiger partial charge in [0, 0.05) is 6.54 Å². The maximum absolute atomic E-state index is 11.8. The molecule has 12 heteroatoms. The van der Waals surface area contributed by atoms with Gasteiger partial charge in [0.2, 0.25) is 5.89 Å². The topological polar surface area (TPSA) is 208 Å². The Kier molecular flexibility index (Phi) is 8.99. The number of nitrogens with one attached hydrogen (secondary N) is 2. The van der Waals surface area contributed by atoms with Crippen molar-refractivity contribution in [3.05, 3.63) is 11.7 Å². The van der Waals surface area contributed by atoms with Gasteiger partial charge in [-0.15, -0.1) is 0 Å². The Morgan fingerprint density at radius 2 is 2.04 bits per heavy atom. The number of urea groups is 1. The van der Waals surface area contributed by atoms with Gasteiger partial charge in [-0.3, -0.25) is 4.99 Å². The van der Waals surface area contributed by atoms with Gasteiger partial charge in [-0.1, -0.05) is 19.0 Å². The Morgan fingerprint density at radius 1 is 1.33 bits per heavy atom. The van der Waals surface area contributed by atoms with Crippen molar-refractivity contribution in [1.29, 1.82) is 0 Å². The number of hydrogen-bond donors (Lipinski definition) is 6. The number of carbonyl (C=O) groups excluding carboxylic acids is 1. The Hall–Kier alpha value is -2.89. The van der Waals surface area contributed by atoms with E-state index in [1.54, 1.807) is 0 Å². The maximum atomic E-state index is 11.8. The highest BCUT2D eigenvalue weighted by atomic mass is 16.5. The summed E-state index contributed by atoms with van der Waals surface area (Å²) in [4.78, 5) is 31.0. The van der Waals surface area contributed by atoms with Crippen LogP contribution < -0.4 is 27.8 Å². The third kappa shape index (κ3) is 8.85. The number of nitrogens with zero attached hydrogens (tertiary/aromatic N) is 3. The molecule has 0 saturated heterocycles. The second kappa shape index (κ2) is 11.0. The molecule has 2 atom stereocenters. The molecule has 0 unspecified atom stereocenters. The Labute approximate surface area is 156 Å². The van der Waals surface area contributed by atoms with Gasteiger partial charge in [-0.05, 0) is 25.2 Å². The standard InChI is InChI=1S/C15H28N8O4/c1-8(2)6-10(13(24)25)21-15(26)20-7-11-22-12(23-27-11)9(16)4-3-5-19-14(17)18/h8-10H,3-7,16H2,1-2H3,(H,24,25)(H4,17,18,19)(H2,20,21,26)/t9-,10-/m0/s1. The molecule has 152 valence electrons. The monoisotopic (exact) mass is 384 g/mol. The molecule has 9 N–H and O–H groups in total. The van der Waals surface area contributed by atoms with Crippen molar-refractivity contribution in [3.63, 3.8) is 0 Å². The van der Waals surface area contributed by atoms with E-state index in [9.17, 15) is 9.59 Å². The summed E-state index contributed by atoms with van der Waals surface area (Å²) in [7, 11) is 0. The van der Waals surface area contributed by atoms with Crippen LogP contribution in [0.4, 0.5) is 4.79 Å². The highest BCUT2D eigenvalue weighted by Crippen LogP contribution is 2.12. The number of aliphatic imine (C=N–C) groups is 1. The first-order chi connectivity index (χ1) is 12.7. The second-order valence-electron chi connectivity index (χ2n) is 6.45. The summed E-state index contributed by atoms with van der Waals surface area (Å²) < 4.78 is 5.03. The second-order valence-corrected chi connectivity index (χ2v) is 6.45. The minimum atomic E-state index is -1.09. The van der Waals surface area contributed by atoms with Crippen molar-refractivity contribution < 1.29 is 19.2 Å². The average Bonchev–Trinajstić information content (AvgIpc) is 3.04. The molecule has 12 nitrogen and oxygen atoms in total. The fourth-order valence-electron chi connectivity index (χ4n) is 2.20. The lowest BCUT2D eigenvalue weighted by molar-refractivity contribution is -0.139. The summed E-state index contributed by atoms with van der Waals surface area (Å²) in [5.74, 6) is -0.479. The van der Waals surface area contributed by atoms with Crippen molar-refractivity contribution in [3.8, 4) is 0 Å². The molecule has 0 aliphatic rings. The van der Waals surface area contributed by atoms with Crippen LogP contribution in [0.5, 0.6) is 0 Å². The highest BCUT2D eigenvalue weighted by Gasteiger charge is 2.21. The van der Waals surface area contributed by atoms with E-state index in [1.165, 1.54) is 0 Å². The van der Waals surface area contributed by atoms with E-state index in [0.29, 0.717) is 31.6 Å². The average molecular weight is 384 g/mol. The molecule has 1 heterocycles. The van der Waals surface area contributed by atoms with Gasteiger partial charge in [0.1, 0.15) is 6.04 Å². The first-order valence-corrected chi connectivity index (χ1v) is 8.59. The van der Waals surface area contributed by atoms with Crippen LogP contribution in [0, 0.1) is 5.92 Å². The van der Waals surface area contributed by atoms with Gasteiger partial charge in [-0.25, -0.2) is 9.59 Å². The summed E-state index contributed by atoms with van der Waals surface area (Å²) in [6.07, 6.45) is 1.53. The van der Waals surface area contributed by atoms with Crippen LogP contribution in [0.2, 0.25) is 0 Å². The van der Waals surface area contributed by atoms with E-state index in [1.807, 2.05) is 13.8 Å². The summed E-state index contributed by atoms with van der Waals surface area (Å²) in [6, 6.07) is -2.06. The SMILES string of the molecule is CC(C)C[C@H](NC(=O)NCc1nc([C@@H](N)CCCN=C(N)N)no1)C(=O)O. The van der Waals surface area contributed by atoms with Crippen LogP contribution in [0.1, 0.15) is 50.9 Å². The normalized spacial score (nSPS) is 13.0. The predicted molar refractivity (Wildman–Crippen MR) is 97.4 cm³/mol. The van der Waals surface area contributed by atoms with Gasteiger partial charge in [0.15, 0.2) is 11.8 Å². The lowest BCUT2D eigenvalue weighted by Crippen LogP contribution is -2.46. The number of carbonyl (C=O) groups is 2. The lowest BCUT2D eigenvalue weighted by Gasteiger charge is -2.16. The lowest BCUT2D eigenvalue weighted by atomic mass is 10.0. The number of carboxylic acid groups (broad SMARTS) is 1. The number of aromatic nitrogens is 2. The molecule has 1 aromatic heterocycles. The van der Waals surface area contributed by atoms with E-state index in [2.05, 4.69) is 25.8 Å². The van der Waals surface area contributed by atoms with Gasteiger partial charge < -0.3 is 37.5 Å². The van der Waals surface area contributed by atoms with E-state index in [-0.39, 0.29) is 24.3 Å². The smallest absolute Gasteiger partial charge is 0.326 e. The molecule has 0 saturated carbocycles. The fraction of sp³-hybridized carbons (Fsp3) is 0.667. The first-order valence-electron chi connectivity index (χ1n) is 8.59. The van der Waals surface area contributed by atoms with E-state index in [4.69, 9.17) is 26.8 Å². The molecule has 0 aliphatic carbocycles. The number of guanidine groups is 1. The molecule has 0 bridgehead atoms. The quantitative estimate of drug-likeness (QED) is 0.163. The van der Waals surface area contributed by atoms with Crippen molar-refractivity contribution in [2.24, 2.45) is 28.1 Å². The van der Waals surface area contributed by atoms with Crippen LogP contribution in [-0.4, -0.2) is 45.8 Å². The number of amides is 2. The molecule has 27 heavy (non-hydrogen) atoms. The van der Waals surface area contributed by atoms with Gasteiger partial charge in [-0.2, -0.15) is 4.98 Å². The van der Waals surface area contributed by atoms with Crippen molar-refractivity contribution in [2.45, 2.75) is 51.7 Å². The van der Waals surface area contributed by atoms with E-state index < -0.39 is 24.1 Å². The minimum absolute atomic E-state index is 0.0216. The van der Waals surface area contributed by atoms with Gasteiger partial charge >= 0.3 is 12.0 Å². The van der Waals surface area contributed by atoms with Crippen molar-refractivity contribution in [1.82, 2.24) is 20.8 Å². The van der Waals surface area contributed by atoms with Crippen molar-refractivity contribution in [2.75, 3.05) is 6.54 Å². The largest absolute Gasteiger partial charge is 0.480 e. The molecule has 0 aliphatic heterocycles. The predicted octanol–water partition coefficient (Wildman–Crippen LogP) is -0.578. The summed E-state index contributed by atoms with van der Waals surface area (Å²) in [5, 5.41) is 17.8.